The molecule has 4 nitrogen and oxygen atoms in total. The van der Waals surface area contributed by atoms with Gasteiger partial charge in [-0.1, -0.05) is 62.4 Å². The van der Waals surface area contributed by atoms with Gasteiger partial charge in [-0.05, 0) is 29.2 Å². The third kappa shape index (κ3) is 3.06. The van der Waals surface area contributed by atoms with Crippen LogP contribution in [-0.2, 0) is 6.54 Å². The molecular formula is C22H22N4. The molecular weight excluding hydrogens is 320 g/mol. The van der Waals surface area contributed by atoms with Crippen LogP contribution >= 0.6 is 0 Å². The zero-order valence-electron chi connectivity index (χ0n) is 15.1. The standard InChI is InChI=1S/C22H22N4/c1-15(2)13-26-14-24-20-21(26)18-12-17(10-11-19(18)25-22(20)23)9-8-16-6-4-3-5-7-16/h3-12,14-15H,13H2,1-2H3,(H2,23,25). The molecule has 0 aliphatic carbocycles. The summed E-state index contributed by atoms with van der Waals surface area (Å²) in [5.74, 6) is 1.01. The maximum Gasteiger partial charge on any atom is 0.152 e. The zero-order valence-corrected chi connectivity index (χ0v) is 15.1. The Morgan fingerprint density at radius 3 is 2.58 bits per heavy atom. The highest BCUT2D eigenvalue weighted by molar-refractivity contribution is 6.07. The molecule has 26 heavy (non-hydrogen) atoms. The molecule has 130 valence electrons. The van der Waals surface area contributed by atoms with Gasteiger partial charge in [0.1, 0.15) is 5.52 Å². The van der Waals surface area contributed by atoms with Crippen LogP contribution in [0.2, 0.25) is 0 Å². The van der Waals surface area contributed by atoms with Crippen LogP contribution in [0.5, 0.6) is 0 Å². The van der Waals surface area contributed by atoms with Crippen LogP contribution < -0.4 is 5.73 Å². The van der Waals surface area contributed by atoms with E-state index in [0.29, 0.717) is 11.7 Å². The molecule has 0 aliphatic heterocycles. The molecule has 2 heterocycles. The van der Waals surface area contributed by atoms with Gasteiger partial charge < -0.3 is 10.3 Å². The van der Waals surface area contributed by atoms with Crippen molar-refractivity contribution in [3.05, 3.63) is 66.0 Å². The molecule has 0 radical (unpaired) electrons. The lowest BCUT2D eigenvalue weighted by atomic mass is 10.1. The monoisotopic (exact) mass is 342 g/mol. The average molecular weight is 342 g/mol. The van der Waals surface area contributed by atoms with E-state index < -0.39 is 0 Å². The second-order valence-electron chi connectivity index (χ2n) is 7.01. The molecule has 0 spiro atoms. The fourth-order valence-corrected chi connectivity index (χ4v) is 3.27. The summed E-state index contributed by atoms with van der Waals surface area (Å²) in [4.78, 5) is 9.04. The highest BCUT2D eigenvalue weighted by Gasteiger charge is 2.13. The third-order valence-electron chi connectivity index (χ3n) is 4.43. The second kappa shape index (κ2) is 6.64. The van der Waals surface area contributed by atoms with E-state index >= 15 is 0 Å². The number of benzene rings is 2. The average Bonchev–Trinajstić information content (AvgIpc) is 3.05. The number of hydrogen-bond acceptors (Lipinski definition) is 3. The largest absolute Gasteiger partial charge is 0.382 e. The zero-order chi connectivity index (χ0) is 18.1. The number of rotatable bonds is 4. The Morgan fingerprint density at radius 2 is 1.81 bits per heavy atom. The van der Waals surface area contributed by atoms with Crippen molar-refractivity contribution in [2.24, 2.45) is 5.92 Å². The molecule has 2 aromatic heterocycles. The van der Waals surface area contributed by atoms with Gasteiger partial charge in [0.2, 0.25) is 0 Å². The Bertz CT molecular complexity index is 1090. The lowest BCUT2D eigenvalue weighted by molar-refractivity contribution is 0.533. The van der Waals surface area contributed by atoms with Crippen LogP contribution in [0.1, 0.15) is 25.0 Å². The summed E-state index contributed by atoms with van der Waals surface area (Å²) < 4.78 is 2.19. The highest BCUT2D eigenvalue weighted by atomic mass is 15.1. The predicted molar refractivity (Wildman–Crippen MR) is 110 cm³/mol. The van der Waals surface area contributed by atoms with Crippen molar-refractivity contribution in [1.29, 1.82) is 0 Å². The van der Waals surface area contributed by atoms with E-state index in [1.807, 2.05) is 30.6 Å². The molecule has 4 rings (SSSR count). The van der Waals surface area contributed by atoms with E-state index in [9.17, 15) is 0 Å². The molecule has 0 aliphatic rings. The van der Waals surface area contributed by atoms with E-state index in [-0.39, 0.29) is 0 Å². The molecule has 0 atom stereocenters. The SMILES string of the molecule is CC(C)Cn1cnc2c(N)nc3ccc(C=Cc4ccccc4)cc3c21. The minimum absolute atomic E-state index is 0.489. The van der Waals surface area contributed by atoms with E-state index in [1.165, 1.54) is 5.56 Å². The van der Waals surface area contributed by atoms with E-state index in [0.717, 1.165) is 34.0 Å². The van der Waals surface area contributed by atoms with Crippen LogP contribution in [0.25, 0.3) is 34.1 Å². The van der Waals surface area contributed by atoms with Crippen LogP contribution in [0, 0.1) is 5.92 Å². The number of hydrogen-bond donors (Lipinski definition) is 1. The summed E-state index contributed by atoms with van der Waals surface area (Å²) >= 11 is 0. The Morgan fingerprint density at radius 1 is 1.04 bits per heavy atom. The van der Waals surface area contributed by atoms with Crippen LogP contribution in [0.3, 0.4) is 0 Å². The fourth-order valence-electron chi connectivity index (χ4n) is 3.27. The minimum Gasteiger partial charge on any atom is -0.382 e. The van der Waals surface area contributed by atoms with Crippen LogP contribution in [0.4, 0.5) is 5.82 Å². The number of anilines is 1. The van der Waals surface area contributed by atoms with E-state index in [4.69, 9.17) is 5.73 Å². The predicted octanol–water partition coefficient (Wildman–Crippen LogP) is 4.99. The van der Waals surface area contributed by atoms with Crippen molar-refractivity contribution in [1.82, 2.24) is 14.5 Å². The molecule has 4 aromatic rings. The molecule has 2 N–H and O–H groups in total. The third-order valence-corrected chi connectivity index (χ3v) is 4.43. The minimum atomic E-state index is 0.489. The van der Waals surface area contributed by atoms with Gasteiger partial charge in [-0.3, -0.25) is 0 Å². The maximum absolute atomic E-state index is 6.14. The highest BCUT2D eigenvalue weighted by Crippen LogP contribution is 2.29. The first-order chi connectivity index (χ1) is 12.6. The Labute approximate surface area is 153 Å². The fraction of sp³-hybridized carbons (Fsp3) is 0.182. The van der Waals surface area contributed by atoms with Gasteiger partial charge in [-0.25, -0.2) is 9.97 Å². The number of imidazole rings is 1. The van der Waals surface area contributed by atoms with Crippen LogP contribution in [0.15, 0.2) is 54.9 Å². The van der Waals surface area contributed by atoms with Crippen molar-refractivity contribution in [3.63, 3.8) is 0 Å². The van der Waals surface area contributed by atoms with Crippen molar-refractivity contribution >= 4 is 39.9 Å². The van der Waals surface area contributed by atoms with Crippen molar-refractivity contribution in [3.8, 4) is 0 Å². The normalized spacial score (nSPS) is 12.0. The molecule has 0 bridgehead atoms. The van der Waals surface area contributed by atoms with Gasteiger partial charge >= 0.3 is 0 Å². The molecule has 0 saturated carbocycles. The summed E-state index contributed by atoms with van der Waals surface area (Å²) in [6, 6.07) is 16.6. The molecule has 4 heteroatoms. The number of nitrogens with zero attached hydrogens (tertiary/aromatic N) is 3. The van der Waals surface area contributed by atoms with E-state index in [2.05, 4.69) is 64.8 Å². The number of nitrogens with two attached hydrogens (primary N) is 1. The van der Waals surface area contributed by atoms with Gasteiger partial charge in [-0.15, -0.1) is 0 Å². The second-order valence-corrected chi connectivity index (χ2v) is 7.01. The smallest absolute Gasteiger partial charge is 0.152 e. The molecule has 0 saturated heterocycles. The number of fused-ring (bicyclic) bond motifs is 3. The first kappa shape index (κ1) is 16.3. The number of nitrogen functional groups attached to an aromatic ring is 1. The van der Waals surface area contributed by atoms with Crippen LogP contribution in [-0.4, -0.2) is 14.5 Å². The summed E-state index contributed by atoms with van der Waals surface area (Å²) in [7, 11) is 0. The van der Waals surface area contributed by atoms with Crippen molar-refractivity contribution < 1.29 is 0 Å². The maximum atomic E-state index is 6.14. The Balaban J connectivity index is 1.86. The number of aromatic nitrogens is 3. The summed E-state index contributed by atoms with van der Waals surface area (Å²) in [5, 5.41) is 1.09. The summed E-state index contributed by atoms with van der Waals surface area (Å²) in [6.07, 6.45) is 6.11. The van der Waals surface area contributed by atoms with Gasteiger partial charge in [0.05, 0.1) is 17.4 Å². The molecule has 2 aromatic carbocycles. The molecule has 0 amide bonds. The Kier molecular flexibility index (Phi) is 4.17. The lowest BCUT2D eigenvalue weighted by Crippen LogP contribution is -2.03. The summed E-state index contributed by atoms with van der Waals surface area (Å²) in [5.41, 5.74) is 11.2. The van der Waals surface area contributed by atoms with Gasteiger partial charge in [0, 0.05) is 11.9 Å². The quantitative estimate of drug-likeness (QED) is 0.531. The van der Waals surface area contributed by atoms with E-state index in [1.54, 1.807) is 0 Å². The summed E-state index contributed by atoms with van der Waals surface area (Å²) in [6.45, 7) is 5.30. The molecule has 0 unspecified atom stereocenters. The lowest BCUT2D eigenvalue weighted by Gasteiger charge is -2.10. The van der Waals surface area contributed by atoms with Crippen molar-refractivity contribution in [2.75, 3.05) is 5.73 Å². The van der Waals surface area contributed by atoms with Gasteiger partial charge in [0.25, 0.3) is 0 Å². The first-order valence-corrected chi connectivity index (χ1v) is 8.89. The molecule has 0 fully saturated rings. The van der Waals surface area contributed by atoms with Crippen molar-refractivity contribution in [2.45, 2.75) is 20.4 Å². The first-order valence-electron chi connectivity index (χ1n) is 8.89. The Hall–Kier alpha value is -3.14. The van der Waals surface area contributed by atoms with Gasteiger partial charge in [0.15, 0.2) is 5.82 Å². The topological polar surface area (TPSA) is 56.7 Å². The van der Waals surface area contributed by atoms with Gasteiger partial charge in [-0.2, -0.15) is 0 Å². The number of pyridine rings is 1.